The molecular formula is C26H23F7N6O2. The molecule has 0 amide bonds. The smallest absolute Gasteiger partial charge is 0.380 e. The van der Waals surface area contributed by atoms with Gasteiger partial charge >= 0.3 is 12.4 Å². The Bertz CT molecular complexity index is 1720. The number of H-pyrrole nitrogens is 1. The summed E-state index contributed by atoms with van der Waals surface area (Å²) in [5.74, 6) is -1.02. The summed E-state index contributed by atoms with van der Waals surface area (Å²) in [6.07, 6.45) is -4.84. The van der Waals surface area contributed by atoms with Crippen molar-refractivity contribution >= 4 is 16.5 Å². The van der Waals surface area contributed by atoms with E-state index in [0.29, 0.717) is 35.8 Å². The molecule has 0 aliphatic heterocycles. The summed E-state index contributed by atoms with van der Waals surface area (Å²) in [5.41, 5.74) is -5.11. The topological polar surface area (TPSA) is 97.6 Å². The van der Waals surface area contributed by atoms with Gasteiger partial charge in [-0.25, -0.2) is 9.49 Å². The summed E-state index contributed by atoms with van der Waals surface area (Å²) < 4.78 is 96.8. The van der Waals surface area contributed by atoms with Crippen molar-refractivity contribution in [1.82, 2.24) is 24.5 Å². The molecule has 1 aromatic carbocycles. The Hall–Kier alpha value is -4.17. The largest absolute Gasteiger partial charge is 0.433 e. The van der Waals surface area contributed by atoms with Gasteiger partial charge in [-0.2, -0.15) is 36.5 Å². The van der Waals surface area contributed by atoms with Crippen molar-refractivity contribution in [2.75, 3.05) is 5.32 Å². The van der Waals surface area contributed by atoms with Crippen LogP contribution in [0.3, 0.4) is 0 Å². The molecule has 8 nitrogen and oxygen atoms in total. The number of halogens is 7. The maximum absolute atomic E-state index is 15.0. The number of benzene rings is 1. The lowest BCUT2D eigenvalue weighted by molar-refractivity contribution is -0.143. The Balaban J connectivity index is 1.37. The predicted molar refractivity (Wildman–Crippen MR) is 135 cm³/mol. The summed E-state index contributed by atoms with van der Waals surface area (Å²) in [4.78, 5) is 25.0. The highest BCUT2D eigenvalue weighted by molar-refractivity contribution is 5.86. The first-order valence-corrected chi connectivity index (χ1v) is 12.6. The molecule has 0 saturated heterocycles. The van der Waals surface area contributed by atoms with Crippen molar-refractivity contribution in [3.8, 4) is 11.3 Å². The molecule has 2 atom stereocenters. The van der Waals surface area contributed by atoms with Gasteiger partial charge in [-0.1, -0.05) is 6.42 Å². The number of hydrogen-bond acceptors (Lipinski definition) is 5. The van der Waals surface area contributed by atoms with Gasteiger partial charge in [0.05, 0.1) is 23.0 Å². The zero-order valence-electron chi connectivity index (χ0n) is 21.4. The van der Waals surface area contributed by atoms with Crippen LogP contribution in [0.1, 0.15) is 36.9 Å². The second kappa shape index (κ2) is 10.3. The van der Waals surface area contributed by atoms with Gasteiger partial charge in [-0.3, -0.25) is 14.3 Å². The second-order valence-corrected chi connectivity index (χ2v) is 10.1. The minimum Gasteiger partial charge on any atom is -0.380 e. The molecule has 15 heteroatoms. The normalized spacial score (nSPS) is 18.1. The number of aromatic amines is 1. The van der Waals surface area contributed by atoms with Crippen LogP contribution in [-0.2, 0) is 25.9 Å². The van der Waals surface area contributed by atoms with Crippen LogP contribution in [-0.4, -0.2) is 30.6 Å². The maximum atomic E-state index is 15.0. The minimum atomic E-state index is -4.88. The van der Waals surface area contributed by atoms with Crippen LogP contribution in [0.4, 0.5) is 36.4 Å². The molecule has 2 N–H and O–H groups in total. The number of pyridine rings is 1. The number of hydrogen-bond donors (Lipinski definition) is 2. The lowest BCUT2D eigenvalue weighted by Crippen LogP contribution is -2.33. The van der Waals surface area contributed by atoms with E-state index in [1.807, 2.05) is 0 Å². The highest BCUT2D eigenvalue weighted by atomic mass is 19.4. The van der Waals surface area contributed by atoms with Crippen LogP contribution in [0, 0.1) is 11.7 Å². The molecule has 0 bridgehead atoms. The van der Waals surface area contributed by atoms with Crippen LogP contribution in [0.25, 0.3) is 22.0 Å². The SMILES string of the molecule is Cn1nc(-c2cc3ccn(C[C@@H]4CCC[C@H](Nc5cn[nH]c(=O)c5C(F)(F)F)C4)c(=O)c3cc2F)cc1C(F)(F)F. The molecule has 1 saturated carbocycles. The van der Waals surface area contributed by atoms with Crippen LogP contribution < -0.4 is 16.4 Å². The van der Waals surface area contributed by atoms with Gasteiger partial charge in [0.25, 0.3) is 11.1 Å². The van der Waals surface area contributed by atoms with Crippen molar-refractivity contribution in [2.45, 2.75) is 50.6 Å². The lowest BCUT2D eigenvalue weighted by atomic mass is 9.85. The van der Waals surface area contributed by atoms with Gasteiger partial charge in [-0.15, -0.1) is 0 Å². The third-order valence-corrected chi connectivity index (χ3v) is 7.25. The van der Waals surface area contributed by atoms with Crippen molar-refractivity contribution in [2.24, 2.45) is 13.0 Å². The fraction of sp³-hybridized carbons (Fsp3) is 0.385. The van der Waals surface area contributed by atoms with E-state index in [1.54, 1.807) is 11.2 Å². The number of aryl methyl sites for hydroxylation is 1. The van der Waals surface area contributed by atoms with Gasteiger partial charge in [0.15, 0.2) is 0 Å². The van der Waals surface area contributed by atoms with E-state index in [-0.39, 0.29) is 29.1 Å². The van der Waals surface area contributed by atoms with Gasteiger partial charge in [0.2, 0.25) is 0 Å². The predicted octanol–water partition coefficient (Wildman–Crippen LogP) is 5.33. The fourth-order valence-corrected chi connectivity index (χ4v) is 5.39. The van der Waals surface area contributed by atoms with E-state index >= 15 is 4.39 Å². The molecule has 5 rings (SSSR count). The molecule has 1 aliphatic carbocycles. The zero-order chi connectivity index (χ0) is 29.7. The quantitative estimate of drug-likeness (QED) is 0.309. The standard InChI is InChI=1S/C26H23F7N6O2/c1-38-21(25(28,29)30)10-19(37-38)17-8-14-5-6-39(24(41)16(14)9-18(17)27)12-13-3-2-4-15(7-13)35-20-11-34-36-23(40)22(20)26(31,32)33/h5-6,8-11,13,15H,2-4,7,12H2,1H3,(H2,35,36,40)/t13-,15+/m1/s1. The zero-order valence-corrected chi connectivity index (χ0v) is 21.4. The highest BCUT2D eigenvalue weighted by Crippen LogP contribution is 2.35. The van der Waals surface area contributed by atoms with Crippen LogP contribution >= 0.6 is 0 Å². The lowest BCUT2D eigenvalue weighted by Gasteiger charge is -2.31. The molecule has 1 fully saturated rings. The number of nitrogens with zero attached hydrogens (tertiary/aromatic N) is 4. The molecule has 1 aliphatic rings. The summed E-state index contributed by atoms with van der Waals surface area (Å²) in [6, 6.07) is 4.11. The number of aromatic nitrogens is 5. The van der Waals surface area contributed by atoms with E-state index in [2.05, 4.69) is 15.5 Å². The maximum Gasteiger partial charge on any atom is 0.433 e. The van der Waals surface area contributed by atoms with E-state index in [4.69, 9.17) is 0 Å². The van der Waals surface area contributed by atoms with E-state index in [1.165, 1.54) is 16.8 Å². The van der Waals surface area contributed by atoms with Crippen LogP contribution in [0.5, 0.6) is 0 Å². The molecule has 0 radical (unpaired) electrons. The van der Waals surface area contributed by atoms with E-state index in [0.717, 1.165) is 25.4 Å². The Kier molecular flexibility index (Phi) is 7.15. The van der Waals surface area contributed by atoms with Gasteiger partial charge in [0, 0.05) is 31.4 Å². The number of alkyl halides is 6. The number of rotatable bonds is 5. The molecule has 4 aromatic rings. The summed E-state index contributed by atoms with van der Waals surface area (Å²) in [5, 5.41) is 12.2. The van der Waals surface area contributed by atoms with Crippen molar-refractivity contribution in [1.29, 1.82) is 0 Å². The first-order valence-electron chi connectivity index (χ1n) is 12.6. The number of fused-ring (bicyclic) bond motifs is 1. The fourth-order valence-electron chi connectivity index (χ4n) is 5.39. The third-order valence-electron chi connectivity index (χ3n) is 7.25. The van der Waals surface area contributed by atoms with Gasteiger partial charge in [-0.05, 0) is 54.8 Å². The summed E-state index contributed by atoms with van der Waals surface area (Å²) in [6.45, 7) is 0.214. The molecular weight excluding hydrogens is 561 g/mol. The Labute approximate surface area is 226 Å². The molecule has 3 aromatic heterocycles. The first-order chi connectivity index (χ1) is 19.2. The number of anilines is 1. The Morgan fingerprint density at radius 1 is 1.07 bits per heavy atom. The third kappa shape index (κ3) is 5.70. The van der Waals surface area contributed by atoms with Crippen molar-refractivity contribution < 1.29 is 30.7 Å². The average molecular weight is 584 g/mol. The van der Waals surface area contributed by atoms with E-state index < -0.39 is 52.3 Å². The van der Waals surface area contributed by atoms with Gasteiger partial charge in [0.1, 0.15) is 17.1 Å². The Morgan fingerprint density at radius 3 is 2.51 bits per heavy atom. The van der Waals surface area contributed by atoms with Crippen LogP contribution in [0.2, 0.25) is 0 Å². The molecule has 0 spiro atoms. The Morgan fingerprint density at radius 2 is 1.83 bits per heavy atom. The van der Waals surface area contributed by atoms with Crippen molar-refractivity contribution in [3.63, 3.8) is 0 Å². The molecule has 3 heterocycles. The van der Waals surface area contributed by atoms with Crippen LogP contribution in [0.15, 0.2) is 46.2 Å². The minimum absolute atomic E-state index is 0.0237. The molecule has 218 valence electrons. The van der Waals surface area contributed by atoms with Crippen molar-refractivity contribution in [3.05, 3.63) is 74.4 Å². The average Bonchev–Trinajstić information content (AvgIpc) is 3.27. The van der Waals surface area contributed by atoms with E-state index in [9.17, 15) is 35.9 Å². The first kappa shape index (κ1) is 28.4. The number of nitrogens with one attached hydrogen (secondary N) is 2. The monoisotopic (exact) mass is 584 g/mol. The second-order valence-electron chi connectivity index (χ2n) is 10.1. The highest BCUT2D eigenvalue weighted by Gasteiger charge is 2.38. The molecule has 41 heavy (non-hydrogen) atoms. The van der Waals surface area contributed by atoms with Gasteiger partial charge < -0.3 is 9.88 Å². The molecule has 0 unspecified atom stereocenters. The summed E-state index contributed by atoms with van der Waals surface area (Å²) in [7, 11) is 1.10. The summed E-state index contributed by atoms with van der Waals surface area (Å²) >= 11 is 0.